The topological polar surface area (TPSA) is 21.7 Å². The molecule has 1 aliphatic heterocycles. The number of ether oxygens (including phenoxy) is 2. The van der Waals surface area contributed by atoms with Crippen molar-refractivity contribution in [2.24, 2.45) is 5.92 Å². The van der Waals surface area contributed by atoms with E-state index in [0.717, 1.165) is 30.3 Å². The highest BCUT2D eigenvalue weighted by atomic mass is 16.5. The number of methoxy groups -OCH3 is 2. The zero-order valence-corrected chi connectivity index (χ0v) is 12.1. The molecule has 0 radical (unpaired) electrons. The summed E-state index contributed by atoms with van der Waals surface area (Å²) in [6, 6.07) is 4.97. The first-order chi connectivity index (χ1) is 9.24. The van der Waals surface area contributed by atoms with Crippen LogP contribution in [0.4, 0.5) is 0 Å². The van der Waals surface area contributed by atoms with Crippen molar-refractivity contribution >= 4 is 0 Å². The molecule has 0 amide bonds. The van der Waals surface area contributed by atoms with Gasteiger partial charge in [0.1, 0.15) is 0 Å². The van der Waals surface area contributed by atoms with E-state index in [2.05, 4.69) is 18.0 Å². The molecule has 0 bridgehead atoms. The summed E-state index contributed by atoms with van der Waals surface area (Å²) < 4.78 is 11.0. The van der Waals surface area contributed by atoms with Crippen molar-refractivity contribution in [2.45, 2.75) is 31.7 Å². The molecule has 2 unspecified atom stereocenters. The van der Waals surface area contributed by atoms with Crippen LogP contribution in [0, 0.1) is 5.92 Å². The molecular weight excluding hydrogens is 238 g/mol. The van der Waals surface area contributed by atoms with Gasteiger partial charge in [-0.2, -0.15) is 0 Å². The summed E-state index contributed by atoms with van der Waals surface area (Å²) in [5, 5.41) is 0. The fraction of sp³-hybridized carbons (Fsp3) is 0.625. The van der Waals surface area contributed by atoms with Gasteiger partial charge in [0, 0.05) is 11.6 Å². The van der Waals surface area contributed by atoms with Crippen LogP contribution in [0.5, 0.6) is 11.5 Å². The van der Waals surface area contributed by atoms with Crippen LogP contribution in [-0.2, 0) is 12.8 Å². The van der Waals surface area contributed by atoms with Gasteiger partial charge in [-0.05, 0) is 56.8 Å². The lowest BCUT2D eigenvalue weighted by Gasteiger charge is -2.43. The van der Waals surface area contributed by atoms with Gasteiger partial charge in [0.25, 0.3) is 0 Å². The van der Waals surface area contributed by atoms with Gasteiger partial charge in [0.2, 0.25) is 0 Å². The van der Waals surface area contributed by atoms with Gasteiger partial charge in [-0.3, -0.25) is 0 Å². The van der Waals surface area contributed by atoms with Crippen molar-refractivity contribution in [1.82, 2.24) is 4.90 Å². The molecule has 1 aromatic carbocycles. The average Bonchev–Trinajstić information content (AvgIpc) is 2.44. The summed E-state index contributed by atoms with van der Waals surface area (Å²) >= 11 is 0. The Morgan fingerprint density at radius 2 is 2.00 bits per heavy atom. The van der Waals surface area contributed by atoms with Crippen LogP contribution in [0.25, 0.3) is 0 Å². The quantitative estimate of drug-likeness (QED) is 0.816. The molecule has 1 heterocycles. The first-order valence-corrected chi connectivity index (χ1v) is 7.17. The highest BCUT2D eigenvalue weighted by Gasteiger charge is 2.35. The Balaban J connectivity index is 1.99. The maximum absolute atomic E-state index is 5.60. The predicted molar refractivity (Wildman–Crippen MR) is 76.1 cm³/mol. The number of hydrogen-bond acceptors (Lipinski definition) is 3. The Hall–Kier alpha value is -1.22. The Kier molecular flexibility index (Phi) is 3.40. The van der Waals surface area contributed by atoms with E-state index in [1.807, 2.05) is 6.07 Å². The average molecular weight is 261 g/mol. The molecule has 3 nitrogen and oxygen atoms in total. The van der Waals surface area contributed by atoms with Crippen LogP contribution >= 0.6 is 0 Å². The van der Waals surface area contributed by atoms with E-state index < -0.39 is 0 Å². The SMILES string of the molecule is COc1ccc2c(c1OC)CC1CCCN(C)C1C2. The second-order valence-corrected chi connectivity index (χ2v) is 5.80. The summed E-state index contributed by atoms with van der Waals surface area (Å²) in [6.45, 7) is 1.24. The number of benzene rings is 1. The number of hydrogen-bond donors (Lipinski definition) is 0. The molecule has 0 saturated carbocycles. The first kappa shape index (κ1) is 12.8. The minimum atomic E-state index is 0.708. The number of rotatable bonds is 2. The summed E-state index contributed by atoms with van der Waals surface area (Å²) in [4.78, 5) is 2.54. The van der Waals surface area contributed by atoms with Crippen molar-refractivity contribution in [3.8, 4) is 11.5 Å². The van der Waals surface area contributed by atoms with Crippen LogP contribution in [0.2, 0.25) is 0 Å². The van der Waals surface area contributed by atoms with Crippen LogP contribution in [-0.4, -0.2) is 38.8 Å². The first-order valence-electron chi connectivity index (χ1n) is 7.17. The fourth-order valence-corrected chi connectivity index (χ4v) is 3.82. The number of likely N-dealkylation sites (N-methyl/N-ethyl adjacent to an activating group) is 1. The van der Waals surface area contributed by atoms with Gasteiger partial charge >= 0.3 is 0 Å². The molecule has 0 aromatic heterocycles. The van der Waals surface area contributed by atoms with Crippen LogP contribution in [0.3, 0.4) is 0 Å². The third kappa shape index (κ3) is 2.10. The molecule has 3 heteroatoms. The third-order valence-electron chi connectivity index (χ3n) is 4.84. The molecule has 2 atom stereocenters. The largest absolute Gasteiger partial charge is 0.493 e. The van der Waals surface area contributed by atoms with E-state index in [1.54, 1.807) is 14.2 Å². The molecule has 104 valence electrons. The molecule has 3 rings (SSSR count). The molecule has 19 heavy (non-hydrogen) atoms. The maximum atomic E-state index is 5.60. The van der Waals surface area contributed by atoms with Crippen LogP contribution < -0.4 is 9.47 Å². The molecule has 1 aliphatic carbocycles. The van der Waals surface area contributed by atoms with Crippen molar-refractivity contribution in [1.29, 1.82) is 0 Å². The van der Waals surface area contributed by atoms with E-state index >= 15 is 0 Å². The smallest absolute Gasteiger partial charge is 0.164 e. The normalized spacial score (nSPS) is 26.5. The van der Waals surface area contributed by atoms with Gasteiger partial charge in [-0.25, -0.2) is 0 Å². The lowest BCUT2D eigenvalue weighted by molar-refractivity contribution is 0.111. The van der Waals surface area contributed by atoms with Gasteiger partial charge in [-0.1, -0.05) is 6.07 Å². The Morgan fingerprint density at radius 1 is 1.16 bits per heavy atom. The Bertz CT molecular complexity index is 472. The van der Waals surface area contributed by atoms with Gasteiger partial charge in [0.05, 0.1) is 14.2 Å². The summed E-state index contributed by atoms with van der Waals surface area (Å²) in [5.41, 5.74) is 2.81. The maximum Gasteiger partial charge on any atom is 0.164 e. The third-order valence-corrected chi connectivity index (χ3v) is 4.84. The molecule has 2 aliphatic rings. The minimum absolute atomic E-state index is 0.708. The molecule has 1 aromatic rings. The summed E-state index contributed by atoms with van der Waals surface area (Å²) in [6.07, 6.45) is 4.94. The number of fused-ring (bicyclic) bond motifs is 2. The minimum Gasteiger partial charge on any atom is -0.493 e. The Morgan fingerprint density at radius 3 is 2.74 bits per heavy atom. The lowest BCUT2D eigenvalue weighted by Crippen LogP contribution is -2.47. The second-order valence-electron chi connectivity index (χ2n) is 5.80. The predicted octanol–water partition coefficient (Wildman–Crippen LogP) is 2.51. The van der Waals surface area contributed by atoms with Gasteiger partial charge < -0.3 is 14.4 Å². The highest BCUT2D eigenvalue weighted by Crippen LogP contribution is 2.42. The van der Waals surface area contributed by atoms with E-state index in [9.17, 15) is 0 Å². The van der Waals surface area contributed by atoms with Crippen LogP contribution in [0.1, 0.15) is 24.0 Å². The summed E-state index contributed by atoms with van der Waals surface area (Å²) in [7, 11) is 5.73. The molecule has 0 N–H and O–H groups in total. The van der Waals surface area contributed by atoms with Gasteiger partial charge in [-0.15, -0.1) is 0 Å². The highest BCUT2D eigenvalue weighted by molar-refractivity contribution is 5.52. The zero-order valence-electron chi connectivity index (χ0n) is 12.1. The number of likely N-dealkylation sites (tertiary alicyclic amines) is 1. The molecule has 0 spiro atoms. The fourth-order valence-electron chi connectivity index (χ4n) is 3.82. The second kappa shape index (κ2) is 5.04. The monoisotopic (exact) mass is 261 g/mol. The lowest BCUT2D eigenvalue weighted by atomic mass is 9.75. The number of nitrogens with zero attached hydrogens (tertiary/aromatic N) is 1. The Labute approximate surface area is 115 Å². The van der Waals surface area contributed by atoms with Crippen molar-refractivity contribution < 1.29 is 9.47 Å². The molecule has 1 saturated heterocycles. The van der Waals surface area contributed by atoms with Gasteiger partial charge in [0.15, 0.2) is 11.5 Å². The molecule has 1 fully saturated rings. The van der Waals surface area contributed by atoms with Crippen molar-refractivity contribution in [3.63, 3.8) is 0 Å². The standard InChI is InChI=1S/C16H23NO2/c1-17-8-4-5-12-9-13-11(10-14(12)17)6-7-15(18-2)16(13)19-3/h6-7,12,14H,4-5,8-10H2,1-3H3. The van der Waals surface area contributed by atoms with Crippen molar-refractivity contribution in [2.75, 3.05) is 27.8 Å². The number of piperidine rings is 1. The zero-order chi connectivity index (χ0) is 13.4. The van der Waals surface area contributed by atoms with Crippen molar-refractivity contribution in [3.05, 3.63) is 23.3 Å². The van der Waals surface area contributed by atoms with E-state index in [1.165, 1.54) is 30.5 Å². The van der Waals surface area contributed by atoms with E-state index in [4.69, 9.17) is 9.47 Å². The van der Waals surface area contributed by atoms with Crippen LogP contribution in [0.15, 0.2) is 12.1 Å². The van der Waals surface area contributed by atoms with E-state index in [-0.39, 0.29) is 0 Å². The summed E-state index contributed by atoms with van der Waals surface area (Å²) in [5.74, 6) is 2.59. The molecular formula is C16H23NO2. The van der Waals surface area contributed by atoms with E-state index in [0.29, 0.717) is 6.04 Å².